The van der Waals surface area contributed by atoms with Crippen molar-refractivity contribution in [3.8, 4) is 6.07 Å². The van der Waals surface area contributed by atoms with Gasteiger partial charge in [-0.2, -0.15) is 5.26 Å². The molecule has 0 fully saturated rings. The van der Waals surface area contributed by atoms with E-state index in [1.54, 1.807) is 11.3 Å². The smallest absolute Gasteiger partial charge is 0.239 e. The molecule has 29 heavy (non-hydrogen) atoms. The van der Waals surface area contributed by atoms with Crippen molar-refractivity contribution < 1.29 is 4.79 Å². The average Bonchev–Trinajstić information content (AvgIpc) is 3.30. The van der Waals surface area contributed by atoms with Gasteiger partial charge in [-0.1, -0.05) is 60.7 Å². The van der Waals surface area contributed by atoms with Crippen LogP contribution in [0.4, 0.5) is 5.00 Å². The third-order valence-electron chi connectivity index (χ3n) is 5.35. The monoisotopic (exact) mass is 401 g/mol. The second kappa shape index (κ2) is 8.60. The molecular weight excluding hydrogens is 378 g/mol. The summed E-state index contributed by atoms with van der Waals surface area (Å²) in [6.45, 7) is 0.238. The Morgan fingerprint density at radius 3 is 2.31 bits per heavy atom. The van der Waals surface area contributed by atoms with Crippen molar-refractivity contribution in [3.05, 3.63) is 87.8 Å². The molecule has 2 aromatic carbocycles. The van der Waals surface area contributed by atoms with Crippen molar-refractivity contribution in [2.45, 2.75) is 25.3 Å². The number of fused-ring (bicyclic) bond motifs is 1. The number of anilines is 1. The molecule has 0 radical (unpaired) electrons. The fourth-order valence-electron chi connectivity index (χ4n) is 4.07. The lowest BCUT2D eigenvalue weighted by atomic mass is 9.97. The van der Waals surface area contributed by atoms with Crippen LogP contribution >= 0.6 is 11.3 Å². The Morgan fingerprint density at radius 1 is 1.10 bits per heavy atom. The number of likely N-dealkylation sites (N-methyl/N-ethyl adjacent to an activating group) is 1. The Balaban J connectivity index is 1.53. The van der Waals surface area contributed by atoms with Crippen LogP contribution < -0.4 is 5.32 Å². The number of benzene rings is 2. The van der Waals surface area contributed by atoms with Gasteiger partial charge in [0.05, 0.1) is 18.2 Å². The van der Waals surface area contributed by atoms with Gasteiger partial charge in [-0.05, 0) is 43.0 Å². The van der Waals surface area contributed by atoms with Crippen molar-refractivity contribution in [2.24, 2.45) is 0 Å². The van der Waals surface area contributed by atoms with Crippen LogP contribution in [0.2, 0.25) is 0 Å². The maximum absolute atomic E-state index is 12.8. The molecule has 0 aliphatic heterocycles. The Morgan fingerprint density at radius 2 is 1.72 bits per heavy atom. The topological polar surface area (TPSA) is 56.1 Å². The number of hydrogen-bond acceptors (Lipinski definition) is 4. The third kappa shape index (κ3) is 4.09. The Kier molecular flexibility index (Phi) is 5.75. The lowest BCUT2D eigenvalue weighted by Gasteiger charge is -2.28. The number of amides is 1. The number of nitrogens with zero attached hydrogens (tertiary/aromatic N) is 2. The lowest BCUT2D eigenvalue weighted by molar-refractivity contribution is -0.117. The van der Waals surface area contributed by atoms with E-state index in [2.05, 4.69) is 35.7 Å². The second-order valence-electron chi connectivity index (χ2n) is 7.36. The van der Waals surface area contributed by atoms with Crippen LogP contribution in [0.1, 0.15) is 39.6 Å². The summed E-state index contributed by atoms with van der Waals surface area (Å²) in [5.74, 6) is -0.0965. The second-order valence-corrected chi connectivity index (χ2v) is 8.47. The Bertz CT molecular complexity index is 998. The zero-order chi connectivity index (χ0) is 20.2. The molecule has 0 saturated carbocycles. The highest BCUT2D eigenvalue weighted by atomic mass is 32.1. The minimum Gasteiger partial charge on any atom is -0.315 e. The van der Waals surface area contributed by atoms with Crippen molar-refractivity contribution in [1.29, 1.82) is 5.26 Å². The van der Waals surface area contributed by atoms with E-state index in [-0.39, 0.29) is 18.5 Å². The van der Waals surface area contributed by atoms with E-state index in [1.165, 1.54) is 4.88 Å². The minimum absolute atomic E-state index is 0.0214. The first-order valence-electron chi connectivity index (χ1n) is 9.82. The summed E-state index contributed by atoms with van der Waals surface area (Å²) in [5.41, 5.74) is 4.07. The van der Waals surface area contributed by atoms with E-state index >= 15 is 0 Å². The maximum Gasteiger partial charge on any atom is 0.239 e. The van der Waals surface area contributed by atoms with Crippen LogP contribution in [0.25, 0.3) is 0 Å². The van der Waals surface area contributed by atoms with Gasteiger partial charge >= 0.3 is 0 Å². The van der Waals surface area contributed by atoms with Gasteiger partial charge in [-0.15, -0.1) is 11.3 Å². The molecule has 4 rings (SSSR count). The summed E-state index contributed by atoms with van der Waals surface area (Å²) in [7, 11) is 1.96. The number of rotatable bonds is 6. The normalized spacial score (nSPS) is 12.8. The number of aryl methyl sites for hydroxylation is 1. The number of nitrogens with one attached hydrogen (secondary N) is 1. The highest BCUT2D eigenvalue weighted by Crippen LogP contribution is 2.38. The quantitative estimate of drug-likeness (QED) is 0.647. The van der Waals surface area contributed by atoms with Crippen LogP contribution in [0.5, 0.6) is 0 Å². The van der Waals surface area contributed by atoms with Crippen LogP contribution in [-0.2, 0) is 17.6 Å². The highest BCUT2D eigenvalue weighted by Gasteiger charge is 2.25. The SMILES string of the molecule is CN(CC(=O)Nc1sc2c(c1C#N)CCC2)C(c1ccccc1)c1ccccc1. The molecule has 146 valence electrons. The molecule has 0 spiro atoms. The first-order valence-corrected chi connectivity index (χ1v) is 10.6. The number of carbonyl (C=O) groups excluding carboxylic acids is 1. The van der Waals surface area contributed by atoms with Crippen molar-refractivity contribution in [2.75, 3.05) is 18.9 Å². The largest absolute Gasteiger partial charge is 0.315 e. The highest BCUT2D eigenvalue weighted by molar-refractivity contribution is 7.16. The average molecular weight is 402 g/mol. The number of nitriles is 1. The fraction of sp³-hybridized carbons (Fsp3) is 0.250. The molecule has 1 aliphatic carbocycles. The van der Waals surface area contributed by atoms with Gasteiger partial charge in [0.25, 0.3) is 0 Å². The van der Waals surface area contributed by atoms with E-state index < -0.39 is 0 Å². The van der Waals surface area contributed by atoms with Gasteiger partial charge in [-0.25, -0.2) is 0 Å². The predicted molar refractivity (Wildman–Crippen MR) is 117 cm³/mol. The maximum atomic E-state index is 12.8. The van der Waals surface area contributed by atoms with Crippen molar-refractivity contribution in [3.63, 3.8) is 0 Å². The summed E-state index contributed by atoms with van der Waals surface area (Å²) in [6, 6.07) is 22.7. The predicted octanol–water partition coefficient (Wildman–Crippen LogP) is 4.77. The number of carbonyl (C=O) groups is 1. The van der Waals surface area contributed by atoms with Crippen molar-refractivity contribution >= 4 is 22.2 Å². The van der Waals surface area contributed by atoms with Gasteiger partial charge in [-0.3, -0.25) is 9.69 Å². The summed E-state index contributed by atoms with van der Waals surface area (Å²) >= 11 is 1.56. The Hall–Kier alpha value is -2.94. The van der Waals surface area contributed by atoms with Gasteiger partial charge in [0.2, 0.25) is 5.91 Å². The number of hydrogen-bond donors (Lipinski definition) is 1. The molecule has 0 atom stereocenters. The van der Waals surface area contributed by atoms with E-state index in [4.69, 9.17) is 0 Å². The molecule has 4 nitrogen and oxygen atoms in total. The standard InChI is InChI=1S/C24H23N3OS/c1-27(23(17-9-4-2-5-10-17)18-11-6-3-7-12-18)16-22(28)26-24-20(15-25)19-13-8-14-21(19)29-24/h2-7,9-12,23H,8,13-14,16H2,1H3,(H,26,28). The molecule has 1 heterocycles. The lowest BCUT2D eigenvalue weighted by Crippen LogP contribution is -2.33. The molecule has 1 amide bonds. The first-order chi connectivity index (χ1) is 14.2. The summed E-state index contributed by atoms with van der Waals surface area (Å²) in [4.78, 5) is 16.1. The van der Waals surface area contributed by atoms with Gasteiger partial charge in [0, 0.05) is 4.88 Å². The Labute approximate surface area is 175 Å². The first kappa shape index (κ1) is 19.4. The van der Waals surface area contributed by atoms with E-state index in [9.17, 15) is 10.1 Å². The van der Waals surface area contributed by atoms with Crippen LogP contribution in [0.15, 0.2) is 60.7 Å². The van der Waals surface area contributed by atoms with Gasteiger partial charge in [0.1, 0.15) is 11.1 Å². The van der Waals surface area contributed by atoms with Gasteiger partial charge < -0.3 is 5.32 Å². The third-order valence-corrected chi connectivity index (χ3v) is 6.56. The van der Waals surface area contributed by atoms with E-state index in [1.807, 2.05) is 48.3 Å². The van der Waals surface area contributed by atoms with Crippen LogP contribution in [0.3, 0.4) is 0 Å². The van der Waals surface area contributed by atoms with Crippen molar-refractivity contribution in [1.82, 2.24) is 4.90 Å². The van der Waals surface area contributed by atoms with Gasteiger partial charge in [0.15, 0.2) is 0 Å². The minimum atomic E-state index is -0.0965. The molecule has 3 aromatic rings. The molecule has 1 aliphatic rings. The fourth-order valence-corrected chi connectivity index (χ4v) is 5.32. The summed E-state index contributed by atoms with van der Waals surface area (Å²) < 4.78 is 0. The summed E-state index contributed by atoms with van der Waals surface area (Å²) in [6.07, 6.45) is 3.05. The molecule has 1 N–H and O–H groups in total. The zero-order valence-electron chi connectivity index (χ0n) is 16.4. The molecule has 0 bridgehead atoms. The van der Waals surface area contributed by atoms with Crippen LogP contribution in [0, 0.1) is 11.3 Å². The van der Waals surface area contributed by atoms with E-state index in [0.717, 1.165) is 36.0 Å². The molecule has 1 aromatic heterocycles. The molecule has 0 saturated heterocycles. The van der Waals surface area contributed by atoms with E-state index in [0.29, 0.717) is 10.6 Å². The van der Waals surface area contributed by atoms with Crippen LogP contribution in [-0.4, -0.2) is 24.4 Å². The summed E-state index contributed by atoms with van der Waals surface area (Å²) in [5, 5.41) is 13.2. The molecular formula is C24H23N3OS. The zero-order valence-corrected chi connectivity index (χ0v) is 17.2. The molecule has 5 heteroatoms. The number of thiophene rings is 1. The molecule has 0 unspecified atom stereocenters.